The summed E-state index contributed by atoms with van der Waals surface area (Å²) < 4.78 is 0.699. The van der Waals surface area contributed by atoms with Gasteiger partial charge in [-0.1, -0.05) is 33.0 Å². The summed E-state index contributed by atoms with van der Waals surface area (Å²) in [5, 5.41) is 0. The van der Waals surface area contributed by atoms with E-state index < -0.39 is 0 Å². The van der Waals surface area contributed by atoms with Crippen LogP contribution >= 0.6 is 24.0 Å². The summed E-state index contributed by atoms with van der Waals surface area (Å²) in [7, 11) is 0. The first-order chi connectivity index (χ1) is 7.13. The van der Waals surface area contributed by atoms with Gasteiger partial charge in [-0.2, -0.15) is 11.8 Å². The highest BCUT2D eigenvalue weighted by Crippen LogP contribution is 2.14. The second kappa shape index (κ2) is 6.28. The van der Waals surface area contributed by atoms with Crippen LogP contribution in [0, 0.1) is 4.64 Å². The molecule has 0 saturated carbocycles. The number of thioether (sulfide) groups is 1. The zero-order valence-electron chi connectivity index (χ0n) is 9.54. The monoisotopic (exact) mass is 242 g/mol. The molecule has 15 heavy (non-hydrogen) atoms. The first kappa shape index (κ1) is 12.7. The van der Waals surface area contributed by atoms with Gasteiger partial charge in [-0.25, -0.2) is 4.98 Å². The van der Waals surface area contributed by atoms with E-state index in [1.54, 1.807) is 0 Å². The van der Waals surface area contributed by atoms with Crippen LogP contribution in [0.4, 0.5) is 0 Å². The van der Waals surface area contributed by atoms with Gasteiger partial charge in [0.25, 0.3) is 0 Å². The molecule has 0 amide bonds. The van der Waals surface area contributed by atoms with Crippen LogP contribution in [0.2, 0.25) is 0 Å². The third kappa shape index (κ3) is 4.34. The Morgan fingerprint density at radius 1 is 1.53 bits per heavy atom. The number of aromatic nitrogens is 2. The summed E-state index contributed by atoms with van der Waals surface area (Å²) in [4.78, 5) is 7.67. The maximum absolute atomic E-state index is 5.14. The van der Waals surface area contributed by atoms with Crippen LogP contribution in [0.5, 0.6) is 0 Å². The van der Waals surface area contributed by atoms with Crippen LogP contribution in [-0.4, -0.2) is 15.7 Å². The minimum absolute atomic E-state index is 0.477. The van der Waals surface area contributed by atoms with Crippen molar-refractivity contribution in [1.29, 1.82) is 0 Å². The lowest BCUT2D eigenvalue weighted by atomic mass is 10.1. The maximum Gasteiger partial charge on any atom is 0.130 e. The minimum atomic E-state index is 0.477. The molecule has 84 valence electrons. The van der Waals surface area contributed by atoms with Gasteiger partial charge in [0.1, 0.15) is 10.5 Å². The Balaban J connectivity index is 2.75. The van der Waals surface area contributed by atoms with Gasteiger partial charge < -0.3 is 4.98 Å². The Morgan fingerprint density at radius 2 is 2.27 bits per heavy atom. The second-order valence-corrected chi connectivity index (χ2v) is 5.35. The lowest BCUT2D eigenvalue weighted by molar-refractivity contribution is 0.797. The quantitative estimate of drug-likeness (QED) is 0.627. The summed E-state index contributed by atoms with van der Waals surface area (Å²) >= 11 is 7.04. The van der Waals surface area contributed by atoms with E-state index >= 15 is 0 Å². The smallest absolute Gasteiger partial charge is 0.130 e. The third-order valence-electron chi connectivity index (χ3n) is 2.02. The Morgan fingerprint density at radius 3 is 2.87 bits per heavy atom. The van der Waals surface area contributed by atoms with E-state index in [1.807, 2.05) is 17.8 Å². The number of H-pyrrole nitrogens is 1. The maximum atomic E-state index is 5.14. The van der Waals surface area contributed by atoms with E-state index in [9.17, 15) is 0 Å². The molecule has 0 unspecified atom stereocenters. The molecule has 0 atom stereocenters. The fraction of sp³-hybridized carbons (Fsp3) is 0.636. The van der Waals surface area contributed by atoms with E-state index in [2.05, 4.69) is 30.7 Å². The lowest BCUT2D eigenvalue weighted by Crippen LogP contribution is -2.00. The van der Waals surface area contributed by atoms with Crippen LogP contribution in [0.15, 0.2) is 6.07 Å². The molecule has 0 aliphatic heterocycles. The van der Waals surface area contributed by atoms with Crippen LogP contribution in [0.1, 0.15) is 44.6 Å². The van der Waals surface area contributed by atoms with Crippen LogP contribution in [0.25, 0.3) is 0 Å². The predicted molar refractivity (Wildman–Crippen MR) is 70.0 cm³/mol. The minimum Gasteiger partial charge on any atom is -0.346 e. The number of hydrogen-bond donors (Lipinski definition) is 1. The van der Waals surface area contributed by atoms with Gasteiger partial charge in [0, 0.05) is 5.69 Å². The average Bonchev–Trinajstić information content (AvgIpc) is 2.17. The highest BCUT2D eigenvalue weighted by molar-refractivity contribution is 7.98. The second-order valence-electron chi connectivity index (χ2n) is 3.83. The molecular weight excluding hydrogens is 224 g/mol. The SMILES string of the molecule is CCCSCc1nc(=S)cc(C(C)C)[nH]1. The Bertz CT molecular complexity index is 358. The molecule has 0 aliphatic carbocycles. The standard InChI is InChI=1S/C11H18N2S2/c1-4-5-15-7-10-12-9(8(2)3)6-11(14)13-10/h6,8H,4-5,7H2,1-3H3,(H,12,13,14). The van der Waals surface area contributed by atoms with E-state index in [0.717, 1.165) is 11.6 Å². The summed E-state index contributed by atoms with van der Waals surface area (Å²) in [6, 6.07) is 1.95. The van der Waals surface area contributed by atoms with Crippen LogP contribution in [-0.2, 0) is 5.75 Å². The van der Waals surface area contributed by atoms with Gasteiger partial charge in [0.2, 0.25) is 0 Å². The topological polar surface area (TPSA) is 28.7 Å². The molecule has 0 aliphatic rings. The normalized spacial score (nSPS) is 10.9. The molecule has 0 bridgehead atoms. The third-order valence-corrected chi connectivity index (χ3v) is 3.41. The predicted octanol–water partition coefficient (Wildman–Crippen LogP) is 3.91. The van der Waals surface area contributed by atoms with Crippen molar-refractivity contribution in [2.75, 3.05) is 5.75 Å². The first-order valence-electron chi connectivity index (χ1n) is 5.31. The molecule has 0 radical (unpaired) electrons. The number of hydrogen-bond acceptors (Lipinski definition) is 3. The molecule has 0 saturated heterocycles. The zero-order chi connectivity index (χ0) is 11.3. The van der Waals surface area contributed by atoms with Crippen molar-refractivity contribution in [3.8, 4) is 0 Å². The molecule has 0 spiro atoms. The molecule has 1 rings (SSSR count). The molecular formula is C11H18N2S2. The number of nitrogens with zero attached hydrogens (tertiary/aromatic N) is 1. The summed E-state index contributed by atoms with van der Waals surface area (Å²) in [5.74, 6) is 3.58. The van der Waals surface area contributed by atoms with Crippen molar-refractivity contribution in [2.24, 2.45) is 0 Å². The Kier molecular flexibility index (Phi) is 5.32. The van der Waals surface area contributed by atoms with E-state index in [1.165, 1.54) is 17.9 Å². The Hall–Kier alpha value is -0.350. The number of rotatable bonds is 5. The highest BCUT2D eigenvalue weighted by atomic mass is 32.2. The fourth-order valence-corrected chi connectivity index (χ4v) is 2.22. The van der Waals surface area contributed by atoms with Crippen LogP contribution < -0.4 is 0 Å². The number of nitrogens with one attached hydrogen (secondary N) is 1. The molecule has 4 heteroatoms. The molecule has 1 N–H and O–H groups in total. The highest BCUT2D eigenvalue weighted by Gasteiger charge is 2.02. The van der Waals surface area contributed by atoms with Gasteiger partial charge in [-0.3, -0.25) is 0 Å². The summed E-state index contributed by atoms with van der Waals surface area (Å²) in [6.07, 6.45) is 1.20. The van der Waals surface area contributed by atoms with Gasteiger partial charge in [0.05, 0.1) is 5.75 Å². The van der Waals surface area contributed by atoms with Crippen molar-refractivity contribution in [3.05, 3.63) is 22.2 Å². The van der Waals surface area contributed by atoms with E-state index in [4.69, 9.17) is 12.2 Å². The molecule has 1 aromatic heterocycles. The van der Waals surface area contributed by atoms with Crippen molar-refractivity contribution < 1.29 is 0 Å². The van der Waals surface area contributed by atoms with Crippen molar-refractivity contribution in [1.82, 2.24) is 9.97 Å². The van der Waals surface area contributed by atoms with Crippen LogP contribution in [0.3, 0.4) is 0 Å². The molecule has 2 nitrogen and oxygen atoms in total. The van der Waals surface area contributed by atoms with Gasteiger partial charge in [-0.15, -0.1) is 0 Å². The first-order valence-corrected chi connectivity index (χ1v) is 6.87. The summed E-state index contributed by atoms with van der Waals surface area (Å²) in [5.41, 5.74) is 1.18. The Labute approximate surface area is 101 Å². The average molecular weight is 242 g/mol. The van der Waals surface area contributed by atoms with E-state index in [0.29, 0.717) is 10.6 Å². The summed E-state index contributed by atoms with van der Waals surface area (Å²) in [6.45, 7) is 6.50. The molecule has 0 fully saturated rings. The van der Waals surface area contributed by atoms with Gasteiger partial charge in [0.15, 0.2) is 0 Å². The molecule has 0 aromatic carbocycles. The van der Waals surface area contributed by atoms with Crippen molar-refractivity contribution in [3.63, 3.8) is 0 Å². The van der Waals surface area contributed by atoms with Gasteiger partial charge in [-0.05, 0) is 24.2 Å². The zero-order valence-corrected chi connectivity index (χ0v) is 11.2. The largest absolute Gasteiger partial charge is 0.346 e. The van der Waals surface area contributed by atoms with Crippen molar-refractivity contribution in [2.45, 2.75) is 38.9 Å². The van der Waals surface area contributed by atoms with Crippen molar-refractivity contribution >= 4 is 24.0 Å². The fourth-order valence-electron chi connectivity index (χ4n) is 1.22. The molecule has 1 aromatic rings. The molecule has 1 heterocycles. The number of aromatic amines is 1. The lowest BCUT2D eigenvalue weighted by Gasteiger charge is -2.08. The van der Waals surface area contributed by atoms with E-state index in [-0.39, 0.29) is 0 Å². The van der Waals surface area contributed by atoms with Gasteiger partial charge >= 0.3 is 0 Å².